The maximum absolute atomic E-state index is 9.77. The van der Waals surface area contributed by atoms with E-state index in [4.69, 9.17) is 15.3 Å². The summed E-state index contributed by atoms with van der Waals surface area (Å²) in [4.78, 5) is 0. The normalized spacial score (nSPS) is 12.9. The third kappa shape index (κ3) is 5.47. The molecule has 21 heavy (non-hydrogen) atoms. The molecule has 0 aromatic carbocycles. The van der Waals surface area contributed by atoms with Crippen molar-refractivity contribution in [1.29, 1.82) is 0 Å². The lowest BCUT2D eigenvalue weighted by atomic mass is 9.57. The predicted octanol–water partition coefficient (Wildman–Crippen LogP) is -0.356. The Bertz CT molecular complexity index is 226. The molecule has 128 valence electrons. The maximum atomic E-state index is 9.77. The average Bonchev–Trinajstić information content (AvgIpc) is 2.52. The smallest absolute Gasteiger partial charge is 0.0536 e. The van der Waals surface area contributed by atoms with Gasteiger partial charge in [-0.3, -0.25) is 0 Å². The number of unbranched alkanes of at least 4 members (excludes halogenated alkanes) is 1. The van der Waals surface area contributed by atoms with Crippen LogP contribution in [0.3, 0.4) is 0 Å². The van der Waals surface area contributed by atoms with Crippen LogP contribution >= 0.6 is 0 Å². The number of aliphatic hydroxyl groups excluding tert-OH is 6. The molecule has 0 aliphatic carbocycles. The van der Waals surface area contributed by atoms with Crippen LogP contribution in [0.15, 0.2) is 0 Å². The highest BCUT2D eigenvalue weighted by atomic mass is 16.3. The summed E-state index contributed by atoms with van der Waals surface area (Å²) in [7, 11) is 0. The highest BCUT2D eigenvalue weighted by Gasteiger charge is 2.48. The van der Waals surface area contributed by atoms with Crippen molar-refractivity contribution >= 4 is 0 Å². The molecule has 0 aliphatic rings. The van der Waals surface area contributed by atoms with Crippen LogP contribution in [0.4, 0.5) is 0 Å². The van der Waals surface area contributed by atoms with Gasteiger partial charge in [-0.1, -0.05) is 6.42 Å². The largest absolute Gasteiger partial charge is 0.396 e. The van der Waals surface area contributed by atoms with Crippen LogP contribution in [0.25, 0.3) is 0 Å². The van der Waals surface area contributed by atoms with E-state index >= 15 is 0 Å². The van der Waals surface area contributed by atoms with Gasteiger partial charge in [-0.25, -0.2) is 0 Å². The lowest BCUT2D eigenvalue weighted by Crippen LogP contribution is -2.50. The summed E-state index contributed by atoms with van der Waals surface area (Å²) in [5.41, 5.74) is -1.61. The zero-order valence-electron chi connectivity index (χ0n) is 12.9. The first-order valence-electron chi connectivity index (χ1n) is 7.77. The Morgan fingerprint density at radius 3 is 1.14 bits per heavy atom. The number of aliphatic hydroxyl groups is 6. The molecule has 0 radical (unpaired) electrons. The van der Waals surface area contributed by atoms with Crippen molar-refractivity contribution in [3.8, 4) is 0 Å². The lowest BCUT2D eigenvalue weighted by Gasteiger charge is -2.49. The van der Waals surface area contributed by atoms with Gasteiger partial charge in [-0.2, -0.15) is 0 Å². The van der Waals surface area contributed by atoms with E-state index in [1.54, 1.807) is 0 Å². The number of hydrogen-bond donors (Lipinski definition) is 6. The SMILES string of the molecule is OCCCCC(CCCO)(CCCO)C(CO)(CO)CO. The first-order chi connectivity index (χ1) is 10.1. The fourth-order valence-corrected chi connectivity index (χ4v) is 3.23. The zero-order valence-corrected chi connectivity index (χ0v) is 12.9. The molecule has 0 aromatic heterocycles. The predicted molar refractivity (Wildman–Crippen MR) is 79.7 cm³/mol. The molecule has 0 amide bonds. The van der Waals surface area contributed by atoms with E-state index in [0.717, 1.165) is 0 Å². The first-order valence-corrected chi connectivity index (χ1v) is 7.77. The zero-order chi connectivity index (χ0) is 16.2. The third-order valence-corrected chi connectivity index (χ3v) is 4.72. The topological polar surface area (TPSA) is 121 Å². The molecule has 0 fully saturated rings. The van der Waals surface area contributed by atoms with Gasteiger partial charge in [0.1, 0.15) is 0 Å². The molecule has 0 atom stereocenters. The van der Waals surface area contributed by atoms with Gasteiger partial charge in [0, 0.05) is 25.2 Å². The molecule has 0 aliphatic heterocycles. The molecule has 6 nitrogen and oxygen atoms in total. The van der Waals surface area contributed by atoms with E-state index < -0.39 is 10.8 Å². The Balaban J connectivity index is 5.36. The van der Waals surface area contributed by atoms with Crippen molar-refractivity contribution < 1.29 is 30.6 Å². The van der Waals surface area contributed by atoms with Crippen LogP contribution in [-0.2, 0) is 0 Å². The van der Waals surface area contributed by atoms with Crippen molar-refractivity contribution in [2.75, 3.05) is 39.6 Å². The summed E-state index contributed by atoms with van der Waals surface area (Å²) in [5, 5.41) is 56.5. The van der Waals surface area contributed by atoms with Gasteiger partial charge >= 0.3 is 0 Å². The van der Waals surface area contributed by atoms with Crippen molar-refractivity contribution in [2.24, 2.45) is 10.8 Å². The highest BCUT2D eigenvalue weighted by molar-refractivity contribution is 4.97. The Morgan fingerprint density at radius 2 is 0.810 bits per heavy atom. The second-order valence-electron chi connectivity index (χ2n) is 5.87. The van der Waals surface area contributed by atoms with E-state index in [1.165, 1.54) is 0 Å². The summed E-state index contributed by atoms with van der Waals surface area (Å²) in [6.07, 6.45) is 4.05. The van der Waals surface area contributed by atoms with E-state index in [2.05, 4.69) is 0 Å². The van der Waals surface area contributed by atoms with Crippen LogP contribution in [0.2, 0.25) is 0 Å². The molecule has 0 saturated carbocycles. The molecular weight excluding hydrogens is 276 g/mol. The van der Waals surface area contributed by atoms with Crippen LogP contribution in [-0.4, -0.2) is 70.3 Å². The molecule has 0 aromatic rings. The van der Waals surface area contributed by atoms with Gasteiger partial charge in [0.05, 0.1) is 19.8 Å². The van der Waals surface area contributed by atoms with Gasteiger partial charge < -0.3 is 30.6 Å². The molecule has 0 saturated heterocycles. The molecule has 0 bridgehead atoms. The minimum absolute atomic E-state index is 0.000753. The van der Waals surface area contributed by atoms with Gasteiger partial charge in [0.15, 0.2) is 0 Å². The van der Waals surface area contributed by atoms with Crippen LogP contribution in [0.1, 0.15) is 44.9 Å². The minimum atomic E-state index is -1.05. The Labute approximate surface area is 127 Å². The average molecular weight is 308 g/mol. The molecule has 0 unspecified atom stereocenters. The quantitative estimate of drug-likeness (QED) is 0.244. The maximum Gasteiger partial charge on any atom is 0.0536 e. The number of hydrogen-bond acceptors (Lipinski definition) is 6. The minimum Gasteiger partial charge on any atom is -0.396 e. The monoisotopic (exact) mass is 308 g/mol. The third-order valence-electron chi connectivity index (χ3n) is 4.72. The van der Waals surface area contributed by atoms with E-state index in [9.17, 15) is 15.3 Å². The molecule has 0 rings (SSSR count). The second kappa shape index (κ2) is 11.3. The van der Waals surface area contributed by atoms with Gasteiger partial charge in [0.2, 0.25) is 0 Å². The fourth-order valence-electron chi connectivity index (χ4n) is 3.23. The van der Waals surface area contributed by atoms with E-state index in [0.29, 0.717) is 44.9 Å². The summed E-state index contributed by atoms with van der Waals surface area (Å²) in [6.45, 7) is -0.985. The molecule has 0 spiro atoms. The van der Waals surface area contributed by atoms with Crippen LogP contribution in [0.5, 0.6) is 0 Å². The van der Waals surface area contributed by atoms with Crippen molar-refractivity contribution in [3.05, 3.63) is 0 Å². The summed E-state index contributed by atoms with van der Waals surface area (Å²) in [6, 6.07) is 0. The molecular formula is C15H32O6. The van der Waals surface area contributed by atoms with Gasteiger partial charge in [0.25, 0.3) is 0 Å². The molecule has 6 N–H and O–H groups in total. The van der Waals surface area contributed by atoms with Crippen LogP contribution in [0, 0.1) is 10.8 Å². The van der Waals surface area contributed by atoms with E-state index in [-0.39, 0.29) is 39.6 Å². The van der Waals surface area contributed by atoms with Gasteiger partial charge in [-0.05, 0) is 43.9 Å². The van der Waals surface area contributed by atoms with E-state index in [1.807, 2.05) is 0 Å². The van der Waals surface area contributed by atoms with Gasteiger partial charge in [-0.15, -0.1) is 0 Å². The summed E-state index contributed by atoms with van der Waals surface area (Å²) in [5.74, 6) is 0. The Kier molecular flexibility index (Phi) is 11.2. The Hall–Kier alpha value is -0.240. The standard InChI is InChI=1S/C15H32O6/c16-8-2-1-5-14(6-3-9-17,7-4-10-18)15(11-19,12-20)13-21/h16-21H,1-13H2. The first kappa shape index (κ1) is 20.8. The number of rotatable bonds is 14. The van der Waals surface area contributed by atoms with Crippen molar-refractivity contribution in [3.63, 3.8) is 0 Å². The Morgan fingerprint density at radius 1 is 0.429 bits per heavy atom. The lowest BCUT2D eigenvalue weighted by molar-refractivity contribution is -0.111. The van der Waals surface area contributed by atoms with Crippen molar-refractivity contribution in [1.82, 2.24) is 0 Å². The van der Waals surface area contributed by atoms with Crippen LogP contribution < -0.4 is 0 Å². The molecule has 0 heterocycles. The summed E-state index contributed by atoms with van der Waals surface area (Å²) >= 11 is 0. The van der Waals surface area contributed by atoms with Crippen molar-refractivity contribution in [2.45, 2.75) is 44.9 Å². The summed E-state index contributed by atoms with van der Waals surface area (Å²) < 4.78 is 0. The highest BCUT2D eigenvalue weighted by Crippen LogP contribution is 2.50. The molecule has 6 heteroatoms. The fraction of sp³-hybridized carbons (Fsp3) is 1.00. The second-order valence-corrected chi connectivity index (χ2v) is 5.87.